The summed E-state index contributed by atoms with van der Waals surface area (Å²) in [7, 11) is 0. The van der Waals surface area contributed by atoms with Crippen molar-refractivity contribution in [3.63, 3.8) is 0 Å². The average molecular weight is 434 g/mol. The molecule has 8 heteroatoms. The van der Waals surface area contributed by atoms with Gasteiger partial charge in [-0.2, -0.15) is 0 Å². The third kappa shape index (κ3) is 5.63. The maximum absolute atomic E-state index is 13.4. The number of rotatable bonds is 4. The van der Waals surface area contributed by atoms with Crippen molar-refractivity contribution < 1.29 is 4.79 Å². The van der Waals surface area contributed by atoms with Crippen molar-refractivity contribution in [2.45, 2.75) is 31.8 Å². The Kier molecular flexibility index (Phi) is 8.76. The van der Waals surface area contributed by atoms with Gasteiger partial charge in [0.15, 0.2) is 0 Å². The molecule has 1 atom stereocenters. The maximum atomic E-state index is 13.4. The zero-order chi connectivity index (χ0) is 18.5. The van der Waals surface area contributed by atoms with Gasteiger partial charge in [-0.3, -0.25) is 14.8 Å². The Labute approximate surface area is 183 Å². The first kappa shape index (κ1) is 23.0. The minimum absolute atomic E-state index is 0. The topological polar surface area (TPSA) is 71.0 Å². The summed E-state index contributed by atoms with van der Waals surface area (Å²) in [6.45, 7) is 2.40. The fraction of sp³-hybridized carbons (Fsp3) is 0.333. The van der Waals surface area contributed by atoms with Crippen molar-refractivity contribution in [3.8, 4) is 0 Å². The second-order valence-electron chi connectivity index (χ2n) is 6.83. The van der Waals surface area contributed by atoms with E-state index in [1.807, 2.05) is 47.4 Å². The lowest BCUT2D eigenvalue weighted by atomic mass is 10.1. The summed E-state index contributed by atoms with van der Waals surface area (Å²) in [4.78, 5) is 28.7. The third-order valence-corrected chi connectivity index (χ3v) is 4.97. The van der Waals surface area contributed by atoms with Crippen molar-refractivity contribution in [3.05, 3.63) is 66.2 Å². The summed E-state index contributed by atoms with van der Waals surface area (Å²) in [6, 6.07) is 13.6. The van der Waals surface area contributed by atoms with E-state index < -0.39 is 0 Å². The predicted molar refractivity (Wildman–Crippen MR) is 119 cm³/mol. The summed E-state index contributed by atoms with van der Waals surface area (Å²) in [6.07, 6.45) is 6.32. The minimum Gasteiger partial charge on any atom is -0.328 e. The number of nitrogens with one attached hydrogen (secondary N) is 1. The van der Waals surface area contributed by atoms with Gasteiger partial charge in [-0.05, 0) is 56.6 Å². The van der Waals surface area contributed by atoms with Crippen LogP contribution in [0.2, 0.25) is 0 Å². The van der Waals surface area contributed by atoms with Crippen molar-refractivity contribution >= 4 is 41.8 Å². The average Bonchev–Trinajstić information content (AvgIpc) is 3.01. The number of fused-ring (bicyclic) bond motifs is 1. The molecule has 1 aromatic carbocycles. The van der Waals surface area contributed by atoms with Gasteiger partial charge in [-0.15, -0.1) is 24.8 Å². The van der Waals surface area contributed by atoms with E-state index in [1.54, 1.807) is 12.4 Å². The molecule has 1 amide bonds. The van der Waals surface area contributed by atoms with E-state index in [4.69, 9.17) is 0 Å². The first-order valence-electron chi connectivity index (χ1n) is 9.44. The summed E-state index contributed by atoms with van der Waals surface area (Å²) in [5, 5.41) is 3.42. The largest absolute Gasteiger partial charge is 0.328 e. The highest BCUT2D eigenvalue weighted by Gasteiger charge is 2.27. The number of pyridine rings is 1. The van der Waals surface area contributed by atoms with Gasteiger partial charge in [0.2, 0.25) is 0 Å². The monoisotopic (exact) mass is 433 g/mol. The van der Waals surface area contributed by atoms with Crippen LogP contribution in [0.15, 0.2) is 54.9 Å². The number of aromatic nitrogens is 3. The number of benzene rings is 1. The lowest BCUT2D eigenvalue weighted by molar-refractivity contribution is 0.0636. The quantitative estimate of drug-likeness (QED) is 0.679. The normalized spacial score (nSPS) is 16.2. The van der Waals surface area contributed by atoms with Crippen LogP contribution < -0.4 is 5.32 Å². The van der Waals surface area contributed by atoms with Crippen molar-refractivity contribution in [1.29, 1.82) is 0 Å². The fourth-order valence-electron chi connectivity index (χ4n) is 3.55. The van der Waals surface area contributed by atoms with Crippen molar-refractivity contribution in [2.24, 2.45) is 0 Å². The van der Waals surface area contributed by atoms with Crippen LogP contribution in [0.5, 0.6) is 0 Å². The molecule has 0 radical (unpaired) electrons. The van der Waals surface area contributed by atoms with Gasteiger partial charge in [0.05, 0.1) is 29.5 Å². The molecule has 0 saturated carbocycles. The lowest BCUT2D eigenvalue weighted by Crippen LogP contribution is -2.41. The molecule has 3 heterocycles. The molecule has 1 N–H and O–H groups in total. The van der Waals surface area contributed by atoms with E-state index in [9.17, 15) is 4.79 Å². The third-order valence-electron chi connectivity index (χ3n) is 4.97. The van der Waals surface area contributed by atoms with E-state index in [0.29, 0.717) is 12.2 Å². The molecule has 0 aliphatic carbocycles. The van der Waals surface area contributed by atoms with E-state index in [-0.39, 0.29) is 36.8 Å². The first-order valence-corrected chi connectivity index (χ1v) is 9.44. The Morgan fingerprint density at radius 1 is 1.00 bits per heavy atom. The number of carbonyl (C=O) groups excluding carboxylic acids is 1. The molecule has 0 bridgehead atoms. The molecule has 1 saturated heterocycles. The van der Waals surface area contributed by atoms with Crippen molar-refractivity contribution in [1.82, 2.24) is 25.2 Å². The van der Waals surface area contributed by atoms with Crippen LogP contribution in [0, 0.1) is 0 Å². The SMILES string of the molecule is Cl.Cl.O=C(c1cnc2ccccc2n1)N(Cc1ccccn1)C1CCCNCC1. The Bertz CT molecular complexity index is 917. The summed E-state index contributed by atoms with van der Waals surface area (Å²) in [5.74, 6) is -0.0780. The van der Waals surface area contributed by atoms with E-state index in [1.165, 1.54) is 0 Å². The van der Waals surface area contributed by atoms with Crippen LogP contribution in [-0.4, -0.2) is 44.9 Å². The Hall–Kier alpha value is -2.28. The molecular formula is C21H25Cl2N5O. The zero-order valence-corrected chi connectivity index (χ0v) is 17.7. The summed E-state index contributed by atoms with van der Waals surface area (Å²) in [5.41, 5.74) is 2.81. The maximum Gasteiger partial charge on any atom is 0.274 e. The highest BCUT2D eigenvalue weighted by atomic mass is 35.5. The molecule has 6 nitrogen and oxygen atoms in total. The van der Waals surface area contributed by atoms with Gasteiger partial charge in [0, 0.05) is 12.2 Å². The molecular weight excluding hydrogens is 409 g/mol. The standard InChI is InChI=1S/C21H23N5O.2ClH/c27-21(20-14-24-18-8-1-2-9-19(18)25-20)26(15-16-6-3-4-12-23-16)17-7-5-11-22-13-10-17;;/h1-4,6,8-9,12,14,17,22H,5,7,10-11,13,15H2;2*1H. The molecule has 29 heavy (non-hydrogen) atoms. The number of hydrogen-bond acceptors (Lipinski definition) is 5. The molecule has 1 aliphatic rings. The van der Waals surface area contributed by atoms with Gasteiger partial charge >= 0.3 is 0 Å². The number of hydrogen-bond donors (Lipinski definition) is 1. The van der Waals surface area contributed by atoms with E-state index in [0.717, 1.165) is 49.1 Å². The van der Waals surface area contributed by atoms with Crippen LogP contribution in [0.1, 0.15) is 35.4 Å². The number of amides is 1. The van der Waals surface area contributed by atoms with Crippen LogP contribution >= 0.6 is 24.8 Å². The van der Waals surface area contributed by atoms with Crippen LogP contribution in [0.3, 0.4) is 0 Å². The Morgan fingerprint density at radius 3 is 2.59 bits per heavy atom. The summed E-state index contributed by atoms with van der Waals surface area (Å²) >= 11 is 0. The minimum atomic E-state index is -0.0780. The number of carbonyl (C=O) groups is 1. The van der Waals surface area contributed by atoms with Crippen LogP contribution in [-0.2, 0) is 6.54 Å². The molecule has 0 spiro atoms. The molecule has 1 aliphatic heterocycles. The van der Waals surface area contributed by atoms with Gasteiger partial charge in [0.1, 0.15) is 5.69 Å². The number of halogens is 2. The first-order chi connectivity index (χ1) is 13.3. The van der Waals surface area contributed by atoms with E-state index >= 15 is 0 Å². The van der Waals surface area contributed by atoms with Gasteiger partial charge in [-0.1, -0.05) is 18.2 Å². The highest BCUT2D eigenvalue weighted by Crippen LogP contribution is 2.19. The predicted octanol–water partition coefficient (Wildman–Crippen LogP) is 3.65. The van der Waals surface area contributed by atoms with Gasteiger partial charge in [0.25, 0.3) is 5.91 Å². The molecule has 1 unspecified atom stereocenters. The van der Waals surface area contributed by atoms with Crippen LogP contribution in [0.4, 0.5) is 0 Å². The lowest BCUT2D eigenvalue weighted by Gasteiger charge is -2.30. The van der Waals surface area contributed by atoms with E-state index in [2.05, 4.69) is 20.3 Å². The number of para-hydroxylation sites is 2. The second kappa shape index (κ2) is 11.0. The Morgan fingerprint density at radius 2 is 1.79 bits per heavy atom. The molecule has 2 aromatic heterocycles. The van der Waals surface area contributed by atoms with Gasteiger partial charge < -0.3 is 10.2 Å². The molecule has 154 valence electrons. The number of nitrogens with zero attached hydrogens (tertiary/aromatic N) is 4. The second-order valence-corrected chi connectivity index (χ2v) is 6.83. The van der Waals surface area contributed by atoms with Crippen molar-refractivity contribution in [2.75, 3.05) is 13.1 Å². The molecule has 4 rings (SSSR count). The molecule has 3 aromatic rings. The molecule has 1 fully saturated rings. The zero-order valence-electron chi connectivity index (χ0n) is 16.0. The highest BCUT2D eigenvalue weighted by molar-refractivity contribution is 5.94. The van der Waals surface area contributed by atoms with Gasteiger partial charge in [-0.25, -0.2) is 4.98 Å². The smallest absolute Gasteiger partial charge is 0.274 e. The Balaban J connectivity index is 0.00000150. The summed E-state index contributed by atoms with van der Waals surface area (Å²) < 4.78 is 0. The van der Waals surface area contributed by atoms with Crippen LogP contribution in [0.25, 0.3) is 11.0 Å². The fourth-order valence-corrected chi connectivity index (χ4v) is 3.55.